The molecule has 1 saturated heterocycles. The van der Waals surface area contributed by atoms with E-state index in [1.807, 2.05) is 42.5 Å². The Balaban J connectivity index is 1.83. The number of nitrogens with zero attached hydrogens (tertiary/aromatic N) is 3. The zero-order chi connectivity index (χ0) is 23.6. The lowest BCUT2D eigenvalue weighted by molar-refractivity contribution is -0.252. The Kier molecular flexibility index (Phi) is 9.03. The van der Waals surface area contributed by atoms with Crippen LogP contribution in [0.2, 0.25) is 0 Å². The van der Waals surface area contributed by atoms with Gasteiger partial charge in [0.1, 0.15) is 36.7 Å². The van der Waals surface area contributed by atoms with Gasteiger partial charge in [-0.1, -0.05) is 47.6 Å². The molecule has 1 aliphatic rings. The third kappa shape index (κ3) is 6.90. The van der Waals surface area contributed by atoms with Crippen LogP contribution < -0.4 is 4.74 Å². The van der Waals surface area contributed by atoms with Gasteiger partial charge in [0.2, 0.25) is 6.36 Å². The highest BCUT2D eigenvalue weighted by molar-refractivity contribution is 5.65. The minimum Gasteiger partial charge on any atom is -0.497 e. The maximum absolute atomic E-state index is 14.8. The molecule has 1 unspecified atom stereocenters. The highest BCUT2D eigenvalue weighted by Gasteiger charge is 2.48. The van der Waals surface area contributed by atoms with Gasteiger partial charge in [-0.3, -0.25) is 4.79 Å². The fourth-order valence-corrected chi connectivity index (χ4v) is 3.47. The fourth-order valence-electron chi connectivity index (χ4n) is 3.47. The Bertz CT molecular complexity index is 939. The molecular weight excluding hydrogens is 433 g/mol. The van der Waals surface area contributed by atoms with Crippen molar-refractivity contribution in [3.63, 3.8) is 0 Å². The summed E-state index contributed by atoms with van der Waals surface area (Å²) < 4.78 is 42.5. The minimum absolute atomic E-state index is 0.137. The second-order valence-corrected chi connectivity index (χ2v) is 7.41. The normalized spacial score (nSPS) is 24.5. The zero-order valence-corrected chi connectivity index (χ0v) is 18.4. The number of carbonyl (C=O) groups excluding carboxylic acids is 1. The van der Waals surface area contributed by atoms with Crippen molar-refractivity contribution in [2.24, 2.45) is 5.11 Å². The number of rotatable bonds is 10. The first-order valence-electron chi connectivity index (χ1n) is 10.4. The fraction of sp³-hybridized carbons (Fsp3) is 0.435. The van der Waals surface area contributed by atoms with E-state index >= 15 is 0 Å². The highest BCUT2D eigenvalue weighted by atomic mass is 19.1. The van der Waals surface area contributed by atoms with E-state index < -0.39 is 36.7 Å². The molecule has 0 saturated carbocycles. The summed E-state index contributed by atoms with van der Waals surface area (Å²) in [6.07, 6.45) is -4.78. The van der Waals surface area contributed by atoms with Crippen molar-refractivity contribution >= 4 is 5.97 Å². The lowest BCUT2D eigenvalue weighted by Gasteiger charge is -2.42. The molecule has 0 amide bonds. The molecule has 3 rings (SSSR count). The number of halogens is 1. The Morgan fingerprint density at radius 2 is 1.70 bits per heavy atom. The van der Waals surface area contributed by atoms with Crippen LogP contribution in [-0.2, 0) is 37.0 Å². The van der Waals surface area contributed by atoms with E-state index in [0.717, 1.165) is 11.1 Å². The van der Waals surface area contributed by atoms with Crippen molar-refractivity contribution in [3.05, 3.63) is 76.2 Å². The van der Waals surface area contributed by atoms with Crippen molar-refractivity contribution < 1.29 is 32.9 Å². The molecule has 33 heavy (non-hydrogen) atoms. The van der Waals surface area contributed by atoms with Gasteiger partial charge in [-0.2, -0.15) is 0 Å². The second-order valence-electron chi connectivity index (χ2n) is 7.41. The van der Waals surface area contributed by atoms with Crippen LogP contribution in [0.1, 0.15) is 18.1 Å². The molecule has 2 aromatic carbocycles. The predicted molar refractivity (Wildman–Crippen MR) is 116 cm³/mol. The van der Waals surface area contributed by atoms with Gasteiger partial charge >= 0.3 is 5.97 Å². The molecule has 10 heteroatoms. The first kappa shape index (κ1) is 24.5. The number of carbonyl (C=O) groups is 1. The van der Waals surface area contributed by atoms with Gasteiger partial charge in [0.05, 0.1) is 20.3 Å². The van der Waals surface area contributed by atoms with E-state index in [4.69, 9.17) is 29.2 Å². The summed E-state index contributed by atoms with van der Waals surface area (Å²) in [6, 6.07) is 15.2. The van der Waals surface area contributed by atoms with Gasteiger partial charge in [-0.25, -0.2) is 4.39 Å². The van der Waals surface area contributed by atoms with Crippen molar-refractivity contribution in [3.8, 4) is 5.75 Å². The molecule has 1 aliphatic heterocycles. The van der Waals surface area contributed by atoms with Gasteiger partial charge in [-0.05, 0) is 28.8 Å². The molecule has 1 heterocycles. The SMILES string of the molecule is COc1ccc(CO[C@H]2[C@H](OCc3ccccc3)[C@@H](N=[N+]=[N-])C(F)O[C@@H]2COC(C)=O)cc1. The number of methoxy groups -OCH3 is 1. The third-order valence-electron chi connectivity index (χ3n) is 5.12. The van der Waals surface area contributed by atoms with Crippen molar-refractivity contribution in [1.29, 1.82) is 0 Å². The largest absolute Gasteiger partial charge is 0.497 e. The topological polar surface area (TPSA) is 112 Å². The Morgan fingerprint density at radius 3 is 2.30 bits per heavy atom. The Hall–Kier alpha value is -3.17. The summed E-state index contributed by atoms with van der Waals surface area (Å²) in [7, 11) is 1.57. The van der Waals surface area contributed by atoms with Crippen LogP contribution >= 0.6 is 0 Å². The van der Waals surface area contributed by atoms with Crippen molar-refractivity contribution in [1.82, 2.24) is 0 Å². The smallest absolute Gasteiger partial charge is 0.302 e. The van der Waals surface area contributed by atoms with E-state index in [-0.39, 0.29) is 19.8 Å². The molecule has 176 valence electrons. The van der Waals surface area contributed by atoms with Crippen LogP contribution in [-0.4, -0.2) is 50.4 Å². The average Bonchev–Trinajstić information content (AvgIpc) is 2.83. The molecule has 0 bridgehead atoms. The molecule has 0 aliphatic carbocycles. The van der Waals surface area contributed by atoms with Crippen LogP contribution in [0.5, 0.6) is 5.75 Å². The van der Waals surface area contributed by atoms with Gasteiger partial charge in [0.25, 0.3) is 0 Å². The van der Waals surface area contributed by atoms with E-state index in [1.54, 1.807) is 19.2 Å². The van der Waals surface area contributed by atoms with Gasteiger partial charge in [0.15, 0.2) is 0 Å². The quantitative estimate of drug-likeness (QED) is 0.229. The molecular formula is C23H26FN3O6. The van der Waals surface area contributed by atoms with Crippen molar-refractivity contribution in [2.75, 3.05) is 13.7 Å². The van der Waals surface area contributed by atoms with E-state index in [2.05, 4.69) is 10.0 Å². The number of alkyl halides is 1. The number of azide groups is 1. The van der Waals surface area contributed by atoms with Gasteiger partial charge in [-0.15, -0.1) is 0 Å². The molecule has 1 fully saturated rings. The first-order valence-corrected chi connectivity index (χ1v) is 10.4. The van der Waals surface area contributed by atoms with Gasteiger partial charge in [0, 0.05) is 11.8 Å². The molecule has 0 N–H and O–H groups in total. The third-order valence-corrected chi connectivity index (χ3v) is 5.12. The summed E-state index contributed by atoms with van der Waals surface area (Å²) in [5.41, 5.74) is 10.7. The summed E-state index contributed by atoms with van der Waals surface area (Å²) in [4.78, 5) is 14.1. The number of benzene rings is 2. The standard InChI is InChI=1S/C23H26FN3O6/c1-15(28)30-14-19-21(31-13-17-8-10-18(29-2)11-9-17)22(20(26-27-25)23(24)33-19)32-12-16-6-4-3-5-7-16/h3-11,19-23H,12-14H2,1-2H3/t19-,20-,21-,22-,23?/m1/s1. The van der Waals surface area contributed by atoms with Gasteiger partial charge < -0.3 is 23.7 Å². The molecule has 9 nitrogen and oxygen atoms in total. The van der Waals surface area contributed by atoms with Crippen LogP contribution in [0.3, 0.4) is 0 Å². The Labute approximate surface area is 191 Å². The molecule has 2 aromatic rings. The molecule has 5 atom stereocenters. The predicted octanol–water partition coefficient (Wildman–Crippen LogP) is 4.10. The summed E-state index contributed by atoms with van der Waals surface area (Å²) in [5, 5.41) is 3.57. The monoisotopic (exact) mass is 459 g/mol. The average molecular weight is 459 g/mol. The maximum atomic E-state index is 14.8. The van der Waals surface area contributed by atoms with E-state index in [9.17, 15) is 9.18 Å². The van der Waals surface area contributed by atoms with Crippen molar-refractivity contribution in [2.45, 2.75) is 50.8 Å². The van der Waals surface area contributed by atoms with E-state index in [1.165, 1.54) is 6.92 Å². The summed E-state index contributed by atoms with van der Waals surface area (Å²) in [5.74, 6) is 0.155. The lowest BCUT2D eigenvalue weighted by atomic mass is 9.97. The Morgan fingerprint density at radius 1 is 1.06 bits per heavy atom. The second kappa shape index (κ2) is 12.2. The first-order chi connectivity index (χ1) is 16.0. The maximum Gasteiger partial charge on any atom is 0.302 e. The lowest BCUT2D eigenvalue weighted by Crippen LogP contribution is -2.58. The molecule has 0 spiro atoms. The summed E-state index contributed by atoms with van der Waals surface area (Å²) in [6.45, 7) is 1.28. The number of hydrogen-bond donors (Lipinski definition) is 0. The molecule has 0 aromatic heterocycles. The van der Waals surface area contributed by atoms with Crippen LogP contribution in [0.15, 0.2) is 59.7 Å². The minimum atomic E-state index is -1.96. The van der Waals surface area contributed by atoms with Crippen LogP contribution in [0.4, 0.5) is 4.39 Å². The van der Waals surface area contributed by atoms with Crippen LogP contribution in [0.25, 0.3) is 10.4 Å². The summed E-state index contributed by atoms with van der Waals surface area (Å²) >= 11 is 0. The van der Waals surface area contributed by atoms with Crippen LogP contribution in [0, 0.1) is 0 Å². The highest BCUT2D eigenvalue weighted by Crippen LogP contribution is 2.31. The van der Waals surface area contributed by atoms with E-state index in [0.29, 0.717) is 5.75 Å². The number of hydrogen-bond acceptors (Lipinski definition) is 7. The zero-order valence-electron chi connectivity index (χ0n) is 18.4. The number of ether oxygens (including phenoxy) is 5. The molecule has 0 radical (unpaired) electrons. The number of esters is 1.